The Morgan fingerprint density at radius 3 is 2.74 bits per heavy atom. The molecule has 4 atom stereocenters. The molecule has 1 aliphatic carbocycles. The van der Waals surface area contributed by atoms with E-state index in [4.69, 9.17) is 4.74 Å². The maximum Gasteiger partial charge on any atom is 0.328 e. The summed E-state index contributed by atoms with van der Waals surface area (Å²) in [5.74, 6) is 1.87. The van der Waals surface area contributed by atoms with E-state index in [0.717, 1.165) is 43.7 Å². The van der Waals surface area contributed by atoms with Crippen molar-refractivity contribution in [2.24, 2.45) is 5.92 Å². The van der Waals surface area contributed by atoms with E-state index in [1.165, 1.54) is 19.3 Å². The first-order valence-electron chi connectivity index (χ1n) is 11.5. The molecular formula is C23H30N6O2. The minimum atomic E-state index is -0.301. The highest BCUT2D eigenvalue weighted by atomic mass is 16.5. The van der Waals surface area contributed by atoms with Crippen LogP contribution in [0.2, 0.25) is 0 Å². The number of carbonyl (C=O) groups is 1. The van der Waals surface area contributed by atoms with Gasteiger partial charge < -0.3 is 14.5 Å². The lowest BCUT2D eigenvalue weighted by atomic mass is 9.85. The smallest absolute Gasteiger partial charge is 0.328 e. The Bertz CT molecular complexity index is 893. The van der Waals surface area contributed by atoms with Crippen molar-refractivity contribution >= 4 is 17.7 Å². The minimum Gasteiger partial charge on any atom is -0.462 e. The first kappa shape index (κ1) is 20.2. The van der Waals surface area contributed by atoms with Crippen LogP contribution in [-0.2, 0) is 9.53 Å². The van der Waals surface area contributed by atoms with Crippen LogP contribution in [0.5, 0.6) is 0 Å². The summed E-state index contributed by atoms with van der Waals surface area (Å²) in [6, 6.07) is 5.96. The fourth-order valence-corrected chi connectivity index (χ4v) is 5.51. The van der Waals surface area contributed by atoms with Crippen LogP contribution in [0.3, 0.4) is 0 Å². The number of aromatic nitrogens is 4. The van der Waals surface area contributed by atoms with Crippen LogP contribution in [0, 0.1) is 12.8 Å². The van der Waals surface area contributed by atoms with Crippen molar-refractivity contribution in [3.05, 3.63) is 36.3 Å². The lowest BCUT2D eigenvalue weighted by Crippen LogP contribution is -2.45. The van der Waals surface area contributed by atoms with Gasteiger partial charge in [-0.15, -0.1) is 5.10 Å². The summed E-state index contributed by atoms with van der Waals surface area (Å²) in [4.78, 5) is 26.5. The standard InChI is InChI=1S/C23H30N6O2/c1-16-9-10-21(27-26-16)28-13-4-7-18(28)15-31-22(30)20-14-17-6-2-3-8-19(17)29(20)23-24-11-5-12-25-23/h5,9-12,17-20H,2-4,6-8,13-15H2,1H3. The second-order valence-corrected chi connectivity index (χ2v) is 8.97. The maximum atomic E-state index is 13.3. The van der Waals surface area contributed by atoms with Crippen molar-refractivity contribution < 1.29 is 9.53 Å². The average molecular weight is 423 g/mol. The maximum absolute atomic E-state index is 13.3. The van der Waals surface area contributed by atoms with Crippen molar-refractivity contribution in [2.75, 3.05) is 23.0 Å². The van der Waals surface area contributed by atoms with Crippen LogP contribution < -0.4 is 9.80 Å². The highest BCUT2D eigenvalue weighted by Gasteiger charge is 2.47. The number of hydrogen-bond donors (Lipinski definition) is 0. The van der Waals surface area contributed by atoms with Gasteiger partial charge in [0, 0.05) is 25.0 Å². The number of anilines is 2. The molecule has 4 heterocycles. The zero-order chi connectivity index (χ0) is 21.2. The molecule has 1 saturated carbocycles. The van der Waals surface area contributed by atoms with Crippen molar-refractivity contribution in [1.29, 1.82) is 0 Å². The Morgan fingerprint density at radius 1 is 1.10 bits per heavy atom. The lowest BCUT2D eigenvalue weighted by Gasteiger charge is -2.33. The summed E-state index contributed by atoms with van der Waals surface area (Å²) < 4.78 is 5.92. The van der Waals surface area contributed by atoms with Gasteiger partial charge in [0.05, 0.1) is 11.7 Å². The molecule has 8 nitrogen and oxygen atoms in total. The fraction of sp³-hybridized carbons (Fsp3) is 0.609. The zero-order valence-electron chi connectivity index (χ0n) is 18.1. The van der Waals surface area contributed by atoms with Gasteiger partial charge in [0.1, 0.15) is 12.6 Å². The second-order valence-electron chi connectivity index (χ2n) is 8.97. The van der Waals surface area contributed by atoms with Crippen LogP contribution in [0.25, 0.3) is 0 Å². The summed E-state index contributed by atoms with van der Waals surface area (Å²) >= 11 is 0. The van der Waals surface area contributed by atoms with Gasteiger partial charge in [0.15, 0.2) is 5.82 Å². The van der Waals surface area contributed by atoms with Crippen LogP contribution in [0.1, 0.15) is 50.6 Å². The summed E-state index contributed by atoms with van der Waals surface area (Å²) in [7, 11) is 0. The topological polar surface area (TPSA) is 84.3 Å². The number of esters is 1. The van der Waals surface area contributed by atoms with E-state index in [2.05, 4.69) is 30.0 Å². The molecule has 0 N–H and O–H groups in total. The molecule has 0 spiro atoms. The molecule has 0 radical (unpaired) electrons. The van der Waals surface area contributed by atoms with E-state index < -0.39 is 0 Å². The molecular weight excluding hydrogens is 392 g/mol. The van der Waals surface area contributed by atoms with Gasteiger partial charge in [-0.3, -0.25) is 0 Å². The van der Waals surface area contributed by atoms with Gasteiger partial charge in [0.2, 0.25) is 5.95 Å². The first-order chi connectivity index (χ1) is 15.2. The quantitative estimate of drug-likeness (QED) is 0.680. The van der Waals surface area contributed by atoms with Crippen molar-refractivity contribution in [2.45, 2.75) is 70.0 Å². The summed E-state index contributed by atoms with van der Waals surface area (Å²) in [5.41, 5.74) is 0.900. The van der Waals surface area contributed by atoms with Crippen LogP contribution in [-0.4, -0.2) is 57.4 Å². The Hall–Kier alpha value is -2.77. The molecule has 2 aromatic heterocycles. The first-order valence-corrected chi connectivity index (χ1v) is 11.5. The Labute approximate surface area is 183 Å². The summed E-state index contributed by atoms with van der Waals surface area (Å²) in [6.45, 7) is 3.22. The predicted octanol–water partition coefficient (Wildman–Crippen LogP) is 2.92. The Morgan fingerprint density at radius 2 is 1.94 bits per heavy atom. The summed E-state index contributed by atoms with van der Waals surface area (Å²) in [5, 5.41) is 8.51. The third-order valence-electron chi connectivity index (χ3n) is 7.02. The van der Waals surface area contributed by atoms with E-state index in [0.29, 0.717) is 24.5 Å². The number of carbonyl (C=O) groups excluding carboxylic acids is 1. The third kappa shape index (κ3) is 4.07. The highest BCUT2D eigenvalue weighted by molar-refractivity contribution is 5.80. The molecule has 3 aliphatic rings. The van der Waals surface area contributed by atoms with Crippen LogP contribution >= 0.6 is 0 Å². The lowest BCUT2D eigenvalue weighted by molar-refractivity contribution is -0.145. The number of ether oxygens (including phenoxy) is 1. The molecule has 5 rings (SSSR count). The SMILES string of the molecule is Cc1ccc(N2CCCC2COC(=O)C2CC3CCCCC3N2c2ncccn2)nn1. The second kappa shape index (κ2) is 8.77. The predicted molar refractivity (Wildman–Crippen MR) is 117 cm³/mol. The van der Waals surface area contributed by atoms with Gasteiger partial charge in [0.25, 0.3) is 0 Å². The van der Waals surface area contributed by atoms with Gasteiger partial charge in [-0.2, -0.15) is 5.10 Å². The third-order valence-corrected chi connectivity index (χ3v) is 7.02. The molecule has 2 aromatic rings. The Balaban J connectivity index is 1.28. The molecule has 0 amide bonds. The molecule has 31 heavy (non-hydrogen) atoms. The van der Waals surface area contributed by atoms with Crippen LogP contribution in [0.4, 0.5) is 11.8 Å². The zero-order valence-corrected chi connectivity index (χ0v) is 18.1. The van der Waals surface area contributed by atoms with Gasteiger partial charge in [-0.25, -0.2) is 14.8 Å². The van der Waals surface area contributed by atoms with Crippen molar-refractivity contribution in [3.63, 3.8) is 0 Å². The summed E-state index contributed by atoms with van der Waals surface area (Å²) in [6.07, 6.45) is 11.1. The highest BCUT2D eigenvalue weighted by Crippen LogP contribution is 2.41. The number of hydrogen-bond acceptors (Lipinski definition) is 8. The Kier molecular flexibility index (Phi) is 5.70. The van der Waals surface area contributed by atoms with E-state index >= 15 is 0 Å². The molecule has 164 valence electrons. The number of nitrogens with zero attached hydrogens (tertiary/aromatic N) is 6. The molecule has 3 fully saturated rings. The van der Waals surface area contributed by atoms with E-state index in [9.17, 15) is 4.79 Å². The van der Waals surface area contributed by atoms with Gasteiger partial charge >= 0.3 is 5.97 Å². The normalized spacial score (nSPS) is 27.9. The molecule has 8 heteroatoms. The monoisotopic (exact) mass is 422 g/mol. The van der Waals surface area contributed by atoms with E-state index in [-0.39, 0.29) is 18.1 Å². The van der Waals surface area contributed by atoms with Crippen molar-refractivity contribution in [1.82, 2.24) is 20.2 Å². The molecule has 0 bridgehead atoms. The number of fused-ring (bicyclic) bond motifs is 1. The minimum absolute atomic E-state index is 0.145. The molecule has 2 saturated heterocycles. The molecule has 0 aromatic carbocycles. The average Bonchev–Trinajstić information content (AvgIpc) is 3.43. The molecule has 2 aliphatic heterocycles. The van der Waals surface area contributed by atoms with Gasteiger partial charge in [-0.05, 0) is 63.1 Å². The van der Waals surface area contributed by atoms with E-state index in [1.807, 2.05) is 25.1 Å². The number of rotatable bonds is 5. The van der Waals surface area contributed by atoms with Crippen molar-refractivity contribution in [3.8, 4) is 0 Å². The van der Waals surface area contributed by atoms with E-state index in [1.54, 1.807) is 12.4 Å². The van der Waals surface area contributed by atoms with Crippen LogP contribution in [0.15, 0.2) is 30.6 Å². The molecule has 4 unspecified atom stereocenters. The largest absolute Gasteiger partial charge is 0.462 e. The van der Waals surface area contributed by atoms with Gasteiger partial charge in [-0.1, -0.05) is 12.8 Å². The number of aryl methyl sites for hydroxylation is 1. The fourth-order valence-electron chi connectivity index (χ4n) is 5.51.